The first-order valence-electron chi connectivity index (χ1n) is 5.84. The topological polar surface area (TPSA) is 78.3 Å². The van der Waals surface area contributed by atoms with E-state index in [2.05, 4.69) is 15.9 Å². The smallest absolute Gasteiger partial charge is 0.252 e. The molecule has 0 aliphatic rings. The molecule has 0 heterocycles. The Morgan fingerprint density at radius 3 is 2.62 bits per heavy atom. The molecule has 0 aliphatic heterocycles. The number of nitrogen functional groups attached to an aromatic ring is 1. The van der Waals surface area contributed by atoms with Crippen LogP contribution in [0.5, 0.6) is 5.75 Å². The SMILES string of the molecule is NC(=O)c1cc(N)ccc1OCc1c(F)ccc(Br)c1F. The zero-order valence-corrected chi connectivity index (χ0v) is 12.3. The van der Waals surface area contributed by atoms with Gasteiger partial charge in [-0.25, -0.2) is 8.78 Å². The molecule has 0 fully saturated rings. The molecular formula is C14H11BrF2N2O2. The molecule has 21 heavy (non-hydrogen) atoms. The summed E-state index contributed by atoms with van der Waals surface area (Å²) in [5, 5.41) is 0. The van der Waals surface area contributed by atoms with Gasteiger partial charge in [-0.1, -0.05) is 0 Å². The largest absolute Gasteiger partial charge is 0.488 e. The number of hydrogen-bond acceptors (Lipinski definition) is 3. The Hall–Kier alpha value is -2.15. The maximum absolute atomic E-state index is 13.8. The average Bonchev–Trinajstić information content (AvgIpc) is 2.44. The van der Waals surface area contributed by atoms with Crippen LogP contribution in [0.4, 0.5) is 14.5 Å². The summed E-state index contributed by atoms with van der Waals surface area (Å²) in [6, 6.07) is 6.62. The van der Waals surface area contributed by atoms with Crippen LogP contribution in [-0.4, -0.2) is 5.91 Å². The summed E-state index contributed by atoms with van der Waals surface area (Å²) in [7, 11) is 0. The van der Waals surface area contributed by atoms with E-state index in [0.29, 0.717) is 5.69 Å². The second-order valence-electron chi connectivity index (χ2n) is 4.23. The van der Waals surface area contributed by atoms with Crippen molar-refractivity contribution in [1.29, 1.82) is 0 Å². The molecule has 110 valence electrons. The first-order chi connectivity index (χ1) is 9.90. The summed E-state index contributed by atoms with van der Waals surface area (Å²) >= 11 is 2.97. The maximum atomic E-state index is 13.8. The first-order valence-corrected chi connectivity index (χ1v) is 6.64. The van der Waals surface area contributed by atoms with Crippen LogP contribution in [-0.2, 0) is 6.61 Å². The van der Waals surface area contributed by atoms with Crippen LogP contribution in [0.15, 0.2) is 34.8 Å². The average molecular weight is 357 g/mol. The second-order valence-corrected chi connectivity index (χ2v) is 5.08. The maximum Gasteiger partial charge on any atom is 0.252 e. The molecule has 0 radical (unpaired) electrons. The van der Waals surface area contributed by atoms with Crippen LogP contribution in [0.1, 0.15) is 15.9 Å². The lowest BCUT2D eigenvalue weighted by Gasteiger charge is -2.12. The monoisotopic (exact) mass is 356 g/mol. The van der Waals surface area contributed by atoms with E-state index in [-0.39, 0.29) is 28.0 Å². The number of carbonyl (C=O) groups excluding carboxylic acids is 1. The number of anilines is 1. The molecule has 0 unspecified atom stereocenters. The van der Waals surface area contributed by atoms with E-state index in [1.54, 1.807) is 0 Å². The number of nitrogens with two attached hydrogens (primary N) is 2. The summed E-state index contributed by atoms with van der Waals surface area (Å²) < 4.78 is 32.8. The molecule has 2 rings (SSSR count). The number of amides is 1. The van der Waals surface area contributed by atoms with Crippen LogP contribution in [0.2, 0.25) is 0 Å². The predicted molar refractivity (Wildman–Crippen MR) is 77.8 cm³/mol. The first kappa shape index (κ1) is 15.2. The summed E-state index contributed by atoms with van der Waals surface area (Å²) in [6.45, 7) is -0.388. The molecule has 7 heteroatoms. The van der Waals surface area contributed by atoms with E-state index >= 15 is 0 Å². The third-order valence-electron chi connectivity index (χ3n) is 2.78. The number of hydrogen-bond donors (Lipinski definition) is 2. The van der Waals surface area contributed by atoms with Gasteiger partial charge in [0.2, 0.25) is 0 Å². The van der Waals surface area contributed by atoms with Crippen molar-refractivity contribution in [2.24, 2.45) is 5.73 Å². The number of carbonyl (C=O) groups is 1. The van der Waals surface area contributed by atoms with Gasteiger partial charge in [0.05, 0.1) is 15.6 Å². The molecule has 0 aromatic heterocycles. The lowest BCUT2D eigenvalue weighted by molar-refractivity contribution is 0.0996. The van der Waals surface area contributed by atoms with E-state index in [1.165, 1.54) is 24.3 Å². The molecule has 0 spiro atoms. The molecule has 0 aliphatic carbocycles. The summed E-state index contributed by atoms with van der Waals surface area (Å²) in [5.74, 6) is -2.14. The van der Waals surface area contributed by atoms with Gasteiger partial charge in [0.25, 0.3) is 5.91 Å². The number of ether oxygens (including phenoxy) is 1. The highest BCUT2D eigenvalue weighted by Crippen LogP contribution is 2.25. The summed E-state index contributed by atoms with van der Waals surface area (Å²) in [5.41, 5.74) is 10.9. The molecule has 0 atom stereocenters. The van der Waals surface area contributed by atoms with Gasteiger partial charge in [0.1, 0.15) is 24.0 Å². The molecule has 2 aromatic rings. The fraction of sp³-hybridized carbons (Fsp3) is 0.0714. The van der Waals surface area contributed by atoms with Crippen LogP contribution < -0.4 is 16.2 Å². The molecule has 4 nitrogen and oxygen atoms in total. The minimum absolute atomic E-state index is 0.0470. The zero-order chi connectivity index (χ0) is 15.6. The number of benzene rings is 2. The minimum atomic E-state index is -0.758. The molecule has 0 saturated carbocycles. The Morgan fingerprint density at radius 2 is 1.95 bits per heavy atom. The van der Waals surface area contributed by atoms with Gasteiger partial charge in [-0.2, -0.15) is 0 Å². The Labute approximate surface area is 127 Å². The molecule has 1 amide bonds. The third kappa shape index (κ3) is 3.30. The van der Waals surface area contributed by atoms with Crippen molar-refractivity contribution < 1.29 is 18.3 Å². The Balaban J connectivity index is 2.29. The molecule has 2 aromatic carbocycles. The van der Waals surface area contributed by atoms with Crippen LogP contribution in [0.25, 0.3) is 0 Å². The van der Waals surface area contributed by atoms with Crippen molar-refractivity contribution >= 4 is 27.5 Å². The van der Waals surface area contributed by atoms with Crippen molar-refractivity contribution in [3.8, 4) is 5.75 Å². The third-order valence-corrected chi connectivity index (χ3v) is 3.39. The van der Waals surface area contributed by atoms with Crippen molar-refractivity contribution in [3.63, 3.8) is 0 Å². The van der Waals surface area contributed by atoms with E-state index < -0.39 is 17.5 Å². The van der Waals surface area contributed by atoms with Crippen LogP contribution in [0, 0.1) is 11.6 Å². The highest BCUT2D eigenvalue weighted by atomic mass is 79.9. The standard InChI is InChI=1S/C14H11BrF2N2O2/c15-10-2-3-11(16)9(13(10)17)6-21-12-4-1-7(18)5-8(12)14(19)20/h1-5H,6,18H2,(H2,19,20). The second kappa shape index (κ2) is 6.09. The fourth-order valence-corrected chi connectivity index (χ4v) is 2.09. The summed E-state index contributed by atoms with van der Waals surface area (Å²) in [6.07, 6.45) is 0. The van der Waals surface area contributed by atoms with E-state index in [1.807, 2.05) is 0 Å². The van der Waals surface area contributed by atoms with E-state index in [0.717, 1.165) is 6.07 Å². The molecule has 0 bridgehead atoms. The van der Waals surface area contributed by atoms with Crippen LogP contribution >= 0.6 is 15.9 Å². The van der Waals surface area contributed by atoms with Crippen molar-refractivity contribution in [3.05, 3.63) is 57.6 Å². The van der Waals surface area contributed by atoms with Crippen molar-refractivity contribution in [2.75, 3.05) is 5.73 Å². The summed E-state index contributed by atoms with van der Waals surface area (Å²) in [4.78, 5) is 11.3. The van der Waals surface area contributed by atoms with Gasteiger partial charge in [-0.05, 0) is 46.3 Å². The Bertz CT molecular complexity index is 708. The van der Waals surface area contributed by atoms with E-state index in [4.69, 9.17) is 16.2 Å². The zero-order valence-electron chi connectivity index (χ0n) is 10.7. The van der Waals surface area contributed by atoms with Crippen molar-refractivity contribution in [2.45, 2.75) is 6.61 Å². The Morgan fingerprint density at radius 1 is 1.24 bits per heavy atom. The number of halogens is 3. The van der Waals surface area contributed by atoms with Gasteiger partial charge in [0.15, 0.2) is 0 Å². The lowest BCUT2D eigenvalue weighted by Crippen LogP contribution is -2.14. The molecular weight excluding hydrogens is 346 g/mol. The molecule has 0 saturated heterocycles. The number of primary amides is 1. The highest BCUT2D eigenvalue weighted by molar-refractivity contribution is 9.10. The lowest BCUT2D eigenvalue weighted by atomic mass is 10.1. The van der Waals surface area contributed by atoms with Gasteiger partial charge in [-0.3, -0.25) is 4.79 Å². The normalized spacial score (nSPS) is 10.4. The van der Waals surface area contributed by atoms with Gasteiger partial charge in [-0.15, -0.1) is 0 Å². The Kier molecular flexibility index (Phi) is 4.42. The van der Waals surface area contributed by atoms with Gasteiger partial charge < -0.3 is 16.2 Å². The van der Waals surface area contributed by atoms with Crippen LogP contribution in [0.3, 0.4) is 0 Å². The highest BCUT2D eigenvalue weighted by Gasteiger charge is 2.15. The van der Waals surface area contributed by atoms with Gasteiger partial charge in [0, 0.05) is 5.69 Å². The molecule has 4 N–H and O–H groups in total. The van der Waals surface area contributed by atoms with Crippen molar-refractivity contribution in [1.82, 2.24) is 0 Å². The minimum Gasteiger partial charge on any atom is -0.488 e. The fourth-order valence-electron chi connectivity index (χ4n) is 1.72. The van der Waals surface area contributed by atoms with E-state index in [9.17, 15) is 13.6 Å². The predicted octanol–water partition coefficient (Wildman–Crippen LogP) is 2.99. The van der Waals surface area contributed by atoms with Gasteiger partial charge >= 0.3 is 0 Å². The quantitative estimate of drug-likeness (QED) is 0.652. The number of rotatable bonds is 4.